The van der Waals surface area contributed by atoms with E-state index >= 15 is 0 Å². The van der Waals surface area contributed by atoms with Crippen LogP contribution in [-0.2, 0) is 9.53 Å². The molecule has 0 aliphatic carbocycles. The quantitative estimate of drug-likeness (QED) is 0.654. The fourth-order valence-corrected chi connectivity index (χ4v) is 1.57. The molecule has 0 aromatic carbocycles. The van der Waals surface area contributed by atoms with Crippen LogP contribution in [0.25, 0.3) is 0 Å². The summed E-state index contributed by atoms with van der Waals surface area (Å²) >= 11 is 0. The standard InChI is InChI=1S/C11H24N2O2/c1-4-6-10(9-12)11(14)13(5-2)7-8-15-3/h10H,4-9,12H2,1-3H3. The van der Waals surface area contributed by atoms with Gasteiger partial charge in [-0.3, -0.25) is 4.79 Å². The van der Waals surface area contributed by atoms with Gasteiger partial charge in [-0.15, -0.1) is 0 Å². The summed E-state index contributed by atoms with van der Waals surface area (Å²) in [5.74, 6) is 0.144. The average molecular weight is 216 g/mol. The van der Waals surface area contributed by atoms with Crippen LogP contribution < -0.4 is 5.73 Å². The van der Waals surface area contributed by atoms with Gasteiger partial charge in [0.1, 0.15) is 0 Å². The van der Waals surface area contributed by atoms with Gasteiger partial charge in [0.15, 0.2) is 0 Å². The third-order valence-corrected chi connectivity index (χ3v) is 2.53. The molecule has 0 heterocycles. The smallest absolute Gasteiger partial charge is 0.227 e. The second-order valence-corrected chi connectivity index (χ2v) is 3.63. The van der Waals surface area contributed by atoms with Crippen molar-refractivity contribution in [3.05, 3.63) is 0 Å². The Kier molecular flexibility index (Phi) is 8.33. The summed E-state index contributed by atoms with van der Waals surface area (Å²) in [5, 5.41) is 0. The number of ether oxygens (including phenoxy) is 1. The zero-order valence-corrected chi connectivity index (χ0v) is 10.2. The lowest BCUT2D eigenvalue weighted by Crippen LogP contribution is -2.40. The minimum Gasteiger partial charge on any atom is -0.383 e. The van der Waals surface area contributed by atoms with Crippen molar-refractivity contribution in [2.45, 2.75) is 26.7 Å². The highest BCUT2D eigenvalue weighted by molar-refractivity contribution is 5.79. The maximum Gasteiger partial charge on any atom is 0.227 e. The van der Waals surface area contributed by atoms with Crippen molar-refractivity contribution in [3.8, 4) is 0 Å². The van der Waals surface area contributed by atoms with E-state index in [1.54, 1.807) is 7.11 Å². The van der Waals surface area contributed by atoms with Gasteiger partial charge >= 0.3 is 0 Å². The summed E-state index contributed by atoms with van der Waals surface area (Å²) in [6.45, 7) is 6.46. The van der Waals surface area contributed by atoms with Gasteiger partial charge in [0.2, 0.25) is 5.91 Å². The average Bonchev–Trinajstić information content (AvgIpc) is 2.26. The van der Waals surface area contributed by atoms with Crippen LogP contribution in [0.15, 0.2) is 0 Å². The second-order valence-electron chi connectivity index (χ2n) is 3.63. The molecule has 4 heteroatoms. The Morgan fingerprint density at radius 1 is 1.47 bits per heavy atom. The third-order valence-electron chi connectivity index (χ3n) is 2.53. The van der Waals surface area contributed by atoms with Crippen LogP contribution in [-0.4, -0.2) is 44.2 Å². The second kappa shape index (κ2) is 8.68. The number of hydrogen-bond donors (Lipinski definition) is 1. The first-order chi connectivity index (χ1) is 7.21. The molecule has 0 rings (SSSR count). The highest BCUT2D eigenvalue weighted by atomic mass is 16.5. The fourth-order valence-electron chi connectivity index (χ4n) is 1.57. The highest BCUT2D eigenvalue weighted by Gasteiger charge is 2.20. The molecule has 0 fully saturated rings. The fraction of sp³-hybridized carbons (Fsp3) is 0.909. The summed E-state index contributed by atoms with van der Waals surface area (Å²) in [6.07, 6.45) is 1.87. The summed E-state index contributed by atoms with van der Waals surface area (Å²) in [6, 6.07) is 0. The molecule has 0 saturated carbocycles. The minimum absolute atomic E-state index is 0.0215. The highest BCUT2D eigenvalue weighted by Crippen LogP contribution is 2.09. The van der Waals surface area contributed by atoms with Crippen molar-refractivity contribution in [1.29, 1.82) is 0 Å². The first-order valence-corrected chi connectivity index (χ1v) is 5.68. The number of likely N-dealkylation sites (N-methyl/N-ethyl adjacent to an activating group) is 1. The Morgan fingerprint density at radius 3 is 2.53 bits per heavy atom. The van der Waals surface area contributed by atoms with E-state index in [-0.39, 0.29) is 11.8 Å². The normalized spacial score (nSPS) is 12.5. The molecule has 0 bridgehead atoms. The number of hydrogen-bond acceptors (Lipinski definition) is 3. The molecule has 1 unspecified atom stereocenters. The number of rotatable bonds is 8. The number of methoxy groups -OCH3 is 1. The van der Waals surface area contributed by atoms with Crippen molar-refractivity contribution < 1.29 is 9.53 Å². The van der Waals surface area contributed by atoms with Gasteiger partial charge in [0.25, 0.3) is 0 Å². The van der Waals surface area contributed by atoms with Gasteiger partial charge in [-0.1, -0.05) is 13.3 Å². The Labute approximate surface area is 92.8 Å². The molecule has 0 spiro atoms. The van der Waals surface area contributed by atoms with Crippen molar-refractivity contribution in [2.24, 2.45) is 11.7 Å². The Morgan fingerprint density at radius 2 is 2.13 bits per heavy atom. The summed E-state index contributed by atoms with van der Waals surface area (Å²) in [5.41, 5.74) is 5.60. The van der Waals surface area contributed by atoms with Crippen LogP contribution in [0.3, 0.4) is 0 Å². The predicted octanol–water partition coefficient (Wildman–Crippen LogP) is 0.856. The Balaban J connectivity index is 4.20. The molecule has 90 valence electrons. The van der Waals surface area contributed by atoms with Crippen LogP contribution in [0.4, 0.5) is 0 Å². The van der Waals surface area contributed by atoms with Crippen molar-refractivity contribution >= 4 is 5.91 Å². The van der Waals surface area contributed by atoms with E-state index in [0.29, 0.717) is 19.7 Å². The van der Waals surface area contributed by atoms with Crippen LogP contribution in [0, 0.1) is 5.92 Å². The number of nitrogens with two attached hydrogens (primary N) is 1. The van der Waals surface area contributed by atoms with Gasteiger partial charge in [0, 0.05) is 26.7 Å². The minimum atomic E-state index is -0.0215. The molecular weight excluding hydrogens is 192 g/mol. The number of nitrogens with zero attached hydrogens (tertiary/aromatic N) is 1. The number of carbonyl (C=O) groups excluding carboxylic acids is 1. The molecule has 1 atom stereocenters. The van der Waals surface area contributed by atoms with Gasteiger partial charge in [-0.25, -0.2) is 0 Å². The lowest BCUT2D eigenvalue weighted by Gasteiger charge is -2.25. The van der Waals surface area contributed by atoms with Crippen LogP contribution in [0.1, 0.15) is 26.7 Å². The van der Waals surface area contributed by atoms with Crippen molar-refractivity contribution in [1.82, 2.24) is 4.90 Å². The predicted molar refractivity (Wildman–Crippen MR) is 61.6 cm³/mol. The van der Waals surface area contributed by atoms with Gasteiger partial charge < -0.3 is 15.4 Å². The summed E-state index contributed by atoms with van der Waals surface area (Å²) in [4.78, 5) is 13.8. The molecule has 0 saturated heterocycles. The van der Waals surface area contributed by atoms with E-state index in [1.165, 1.54) is 0 Å². The molecular formula is C11H24N2O2. The molecule has 1 amide bonds. The molecule has 4 nitrogen and oxygen atoms in total. The van der Waals surface area contributed by atoms with Crippen molar-refractivity contribution in [3.63, 3.8) is 0 Å². The molecule has 0 radical (unpaired) electrons. The molecule has 2 N–H and O–H groups in total. The van der Waals surface area contributed by atoms with Crippen molar-refractivity contribution in [2.75, 3.05) is 33.4 Å². The van der Waals surface area contributed by atoms with E-state index in [9.17, 15) is 4.79 Å². The zero-order valence-electron chi connectivity index (χ0n) is 10.2. The lowest BCUT2D eigenvalue weighted by atomic mass is 10.0. The van der Waals surface area contributed by atoms with Gasteiger partial charge in [0.05, 0.1) is 12.5 Å². The zero-order chi connectivity index (χ0) is 11.7. The molecule has 0 aromatic heterocycles. The van der Waals surface area contributed by atoms with Crippen LogP contribution in [0.5, 0.6) is 0 Å². The third kappa shape index (κ3) is 5.14. The molecule has 0 aromatic rings. The first-order valence-electron chi connectivity index (χ1n) is 5.68. The van der Waals surface area contributed by atoms with Gasteiger partial charge in [-0.05, 0) is 13.3 Å². The monoisotopic (exact) mass is 216 g/mol. The van der Waals surface area contributed by atoms with E-state index in [2.05, 4.69) is 6.92 Å². The van der Waals surface area contributed by atoms with E-state index in [4.69, 9.17) is 10.5 Å². The molecule has 0 aliphatic heterocycles. The van der Waals surface area contributed by atoms with Gasteiger partial charge in [-0.2, -0.15) is 0 Å². The Bertz CT molecular complexity index is 174. The van der Waals surface area contributed by atoms with E-state index in [1.807, 2.05) is 11.8 Å². The first kappa shape index (κ1) is 14.4. The number of carbonyl (C=O) groups is 1. The largest absolute Gasteiger partial charge is 0.383 e. The maximum absolute atomic E-state index is 12.0. The molecule has 15 heavy (non-hydrogen) atoms. The number of amides is 1. The van der Waals surface area contributed by atoms with E-state index < -0.39 is 0 Å². The lowest BCUT2D eigenvalue weighted by molar-refractivity contribution is -0.135. The molecule has 0 aliphatic rings. The summed E-state index contributed by atoms with van der Waals surface area (Å²) < 4.78 is 4.97. The van der Waals surface area contributed by atoms with Crippen LogP contribution >= 0.6 is 0 Å². The van der Waals surface area contributed by atoms with Crippen LogP contribution in [0.2, 0.25) is 0 Å². The Hall–Kier alpha value is -0.610. The topological polar surface area (TPSA) is 55.6 Å². The SMILES string of the molecule is CCCC(CN)C(=O)N(CC)CCOC. The maximum atomic E-state index is 12.0. The van der Waals surface area contributed by atoms with E-state index in [0.717, 1.165) is 19.4 Å². The summed E-state index contributed by atoms with van der Waals surface area (Å²) in [7, 11) is 1.64.